The average molecular weight is 140 g/mol. The summed E-state index contributed by atoms with van der Waals surface area (Å²) in [6.45, 7) is 8.95. The van der Waals surface area contributed by atoms with E-state index in [-0.39, 0.29) is 0 Å². The van der Waals surface area contributed by atoms with Crippen LogP contribution in [0.5, 0.6) is 0 Å². The zero-order chi connectivity index (χ0) is 7.98. The van der Waals surface area contributed by atoms with Gasteiger partial charge in [-0.3, -0.25) is 0 Å². The third kappa shape index (κ3) is 4.60. The molecule has 0 aromatic carbocycles. The largest absolute Gasteiger partial charge is 0.0914 e. The lowest BCUT2D eigenvalue weighted by atomic mass is 9.95. The first-order valence-corrected chi connectivity index (χ1v) is 4.33. The summed E-state index contributed by atoms with van der Waals surface area (Å²) in [4.78, 5) is 0. The highest BCUT2D eigenvalue weighted by Crippen LogP contribution is 2.15. The van der Waals surface area contributed by atoms with Crippen molar-refractivity contribution in [2.45, 2.75) is 40.5 Å². The molecule has 0 saturated heterocycles. The summed E-state index contributed by atoms with van der Waals surface area (Å²) in [6.07, 6.45) is 7.07. The van der Waals surface area contributed by atoms with Crippen LogP contribution in [0.1, 0.15) is 40.5 Å². The highest BCUT2D eigenvalue weighted by atomic mass is 14.1. The van der Waals surface area contributed by atoms with Crippen LogP contribution >= 0.6 is 0 Å². The van der Waals surface area contributed by atoms with Crippen molar-refractivity contribution in [3.63, 3.8) is 0 Å². The van der Waals surface area contributed by atoms with Gasteiger partial charge in [-0.2, -0.15) is 0 Å². The van der Waals surface area contributed by atoms with Crippen LogP contribution < -0.4 is 0 Å². The van der Waals surface area contributed by atoms with E-state index in [2.05, 4.69) is 39.8 Å². The average Bonchev–Trinajstić information content (AvgIpc) is 1.88. The molecule has 0 radical (unpaired) electrons. The Morgan fingerprint density at radius 2 is 1.90 bits per heavy atom. The lowest BCUT2D eigenvalue weighted by molar-refractivity contribution is 0.454. The molecule has 0 bridgehead atoms. The number of allylic oxidation sites excluding steroid dienone is 2. The maximum absolute atomic E-state index is 2.32. The molecule has 0 amide bonds. The maximum Gasteiger partial charge on any atom is -0.0260 e. The highest BCUT2D eigenvalue weighted by Gasteiger charge is 2.02. The van der Waals surface area contributed by atoms with Crippen LogP contribution in [-0.4, -0.2) is 0 Å². The van der Waals surface area contributed by atoms with Crippen molar-refractivity contribution in [1.29, 1.82) is 0 Å². The molecule has 0 aromatic rings. The summed E-state index contributed by atoms with van der Waals surface area (Å²) >= 11 is 0. The van der Waals surface area contributed by atoms with Crippen molar-refractivity contribution in [1.82, 2.24) is 0 Å². The Hall–Kier alpha value is -0.260. The van der Waals surface area contributed by atoms with Gasteiger partial charge in [0.25, 0.3) is 0 Å². The van der Waals surface area contributed by atoms with Gasteiger partial charge < -0.3 is 0 Å². The lowest BCUT2D eigenvalue weighted by Crippen LogP contribution is -1.98. The van der Waals surface area contributed by atoms with Crippen molar-refractivity contribution in [3.8, 4) is 0 Å². The Labute approximate surface area is 65.3 Å². The molecular formula is C10H20. The maximum atomic E-state index is 2.32. The minimum atomic E-state index is 0.764. The Balaban J connectivity index is 3.46. The van der Waals surface area contributed by atoms with Gasteiger partial charge in [0.05, 0.1) is 0 Å². The van der Waals surface area contributed by atoms with E-state index in [4.69, 9.17) is 0 Å². The van der Waals surface area contributed by atoms with Crippen molar-refractivity contribution in [2.75, 3.05) is 0 Å². The molecule has 0 aromatic heterocycles. The van der Waals surface area contributed by atoms with E-state index in [1.807, 2.05) is 0 Å². The molecule has 0 heterocycles. The fraction of sp³-hybridized carbons (Fsp3) is 0.800. The van der Waals surface area contributed by atoms with E-state index in [1.165, 1.54) is 12.8 Å². The van der Waals surface area contributed by atoms with E-state index >= 15 is 0 Å². The molecule has 0 aliphatic heterocycles. The van der Waals surface area contributed by atoms with Gasteiger partial charge in [-0.15, -0.1) is 0 Å². The summed E-state index contributed by atoms with van der Waals surface area (Å²) in [5.41, 5.74) is 0. The van der Waals surface area contributed by atoms with E-state index in [9.17, 15) is 0 Å². The third-order valence-electron chi connectivity index (χ3n) is 1.99. The van der Waals surface area contributed by atoms with Gasteiger partial charge in [0.2, 0.25) is 0 Å². The smallest absolute Gasteiger partial charge is 0.0260 e. The molecule has 0 fully saturated rings. The monoisotopic (exact) mass is 140 g/mol. The van der Waals surface area contributed by atoms with Gasteiger partial charge in [0, 0.05) is 0 Å². The SMILES string of the molecule is C/C=C/[C@@H](C)C[C@@H](C)CC. The van der Waals surface area contributed by atoms with Crippen LogP contribution in [0.4, 0.5) is 0 Å². The van der Waals surface area contributed by atoms with Crippen LogP contribution in [0.2, 0.25) is 0 Å². The Morgan fingerprint density at radius 1 is 1.30 bits per heavy atom. The van der Waals surface area contributed by atoms with Crippen molar-refractivity contribution in [3.05, 3.63) is 12.2 Å². The normalized spacial score (nSPS) is 17.6. The van der Waals surface area contributed by atoms with E-state index in [0.717, 1.165) is 11.8 Å². The van der Waals surface area contributed by atoms with E-state index in [0.29, 0.717) is 0 Å². The quantitative estimate of drug-likeness (QED) is 0.523. The minimum Gasteiger partial charge on any atom is -0.0914 e. The van der Waals surface area contributed by atoms with Gasteiger partial charge in [-0.05, 0) is 25.2 Å². The fourth-order valence-corrected chi connectivity index (χ4v) is 1.21. The molecule has 0 unspecified atom stereocenters. The highest BCUT2D eigenvalue weighted by molar-refractivity contribution is 4.83. The predicted octanol–water partition coefficient (Wildman–Crippen LogP) is 3.63. The summed E-state index contributed by atoms with van der Waals surface area (Å²) < 4.78 is 0. The zero-order valence-corrected chi connectivity index (χ0v) is 7.72. The number of rotatable bonds is 4. The van der Waals surface area contributed by atoms with Gasteiger partial charge in [0.15, 0.2) is 0 Å². The summed E-state index contributed by atoms with van der Waals surface area (Å²) in [5, 5.41) is 0. The van der Waals surface area contributed by atoms with Gasteiger partial charge in [-0.1, -0.05) is 39.3 Å². The molecule has 0 aliphatic carbocycles. The summed E-state index contributed by atoms with van der Waals surface area (Å²) in [5.74, 6) is 1.64. The first kappa shape index (κ1) is 9.74. The second-order valence-electron chi connectivity index (χ2n) is 3.25. The third-order valence-corrected chi connectivity index (χ3v) is 1.99. The topological polar surface area (TPSA) is 0 Å². The van der Waals surface area contributed by atoms with Gasteiger partial charge >= 0.3 is 0 Å². The molecule has 0 nitrogen and oxygen atoms in total. The van der Waals surface area contributed by atoms with Gasteiger partial charge in [-0.25, -0.2) is 0 Å². The number of hydrogen-bond acceptors (Lipinski definition) is 0. The zero-order valence-electron chi connectivity index (χ0n) is 7.72. The molecular weight excluding hydrogens is 120 g/mol. The lowest BCUT2D eigenvalue weighted by Gasteiger charge is -2.11. The van der Waals surface area contributed by atoms with Crippen LogP contribution in [0.3, 0.4) is 0 Å². The van der Waals surface area contributed by atoms with Gasteiger partial charge in [0.1, 0.15) is 0 Å². The van der Waals surface area contributed by atoms with Crippen LogP contribution in [0.15, 0.2) is 12.2 Å². The van der Waals surface area contributed by atoms with Crippen LogP contribution in [0.25, 0.3) is 0 Å². The molecule has 10 heavy (non-hydrogen) atoms. The molecule has 0 N–H and O–H groups in total. The second kappa shape index (κ2) is 5.52. The Morgan fingerprint density at radius 3 is 2.30 bits per heavy atom. The Kier molecular flexibility index (Phi) is 5.38. The molecule has 60 valence electrons. The Bertz CT molecular complexity index is 92.2. The van der Waals surface area contributed by atoms with Crippen LogP contribution in [0, 0.1) is 11.8 Å². The fourth-order valence-electron chi connectivity index (χ4n) is 1.21. The summed E-state index contributed by atoms with van der Waals surface area (Å²) in [7, 11) is 0. The van der Waals surface area contributed by atoms with E-state index in [1.54, 1.807) is 0 Å². The molecule has 0 rings (SSSR count). The number of hydrogen-bond donors (Lipinski definition) is 0. The second-order valence-corrected chi connectivity index (χ2v) is 3.25. The molecule has 0 heteroatoms. The predicted molar refractivity (Wildman–Crippen MR) is 48.1 cm³/mol. The minimum absolute atomic E-state index is 0.764. The molecule has 0 saturated carbocycles. The standard InChI is InChI=1S/C10H20/c1-5-7-10(4)8-9(3)6-2/h5,7,9-10H,6,8H2,1-4H3/b7-5+/t9-,10+/m0/s1. The first-order valence-electron chi connectivity index (χ1n) is 4.33. The summed E-state index contributed by atoms with van der Waals surface area (Å²) in [6, 6.07) is 0. The van der Waals surface area contributed by atoms with Crippen molar-refractivity contribution >= 4 is 0 Å². The van der Waals surface area contributed by atoms with Crippen molar-refractivity contribution < 1.29 is 0 Å². The van der Waals surface area contributed by atoms with Crippen molar-refractivity contribution in [2.24, 2.45) is 11.8 Å². The molecule has 0 aliphatic rings. The molecule has 0 spiro atoms. The molecule has 2 atom stereocenters. The van der Waals surface area contributed by atoms with Crippen LogP contribution in [-0.2, 0) is 0 Å². The van der Waals surface area contributed by atoms with E-state index < -0.39 is 0 Å². The first-order chi connectivity index (χ1) is 4.70.